The van der Waals surface area contributed by atoms with Crippen LogP contribution in [0, 0.1) is 6.92 Å². The first-order chi connectivity index (χ1) is 11.9. The Balaban J connectivity index is 2.28. The van der Waals surface area contributed by atoms with Crippen LogP contribution in [0.1, 0.15) is 33.0 Å². The standard InChI is InChI=1S/C15H10BrF6N3O/c1-7-23-6-11(16)12(25-7)13(26)24-5-8-2-9(14(17,18)19)4-10(3-8)15(20,21)22/h2-4,6H,5H2,1H3,(H,24,26). The molecule has 2 aromatic rings. The van der Waals surface area contributed by atoms with Crippen LogP contribution in [0.3, 0.4) is 0 Å². The molecule has 1 heterocycles. The van der Waals surface area contributed by atoms with Crippen molar-refractivity contribution in [2.24, 2.45) is 0 Å². The molecule has 2 rings (SSSR count). The summed E-state index contributed by atoms with van der Waals surface area (Å²) in [5.74, 6) is -0.495. The van der Waals surface area contributed by atoms with Gasteiger partial charge in [-0.1, -0.05) is 0 Å². The Labute approximate surface area is 151 Å². The molecule has 0 aliphatic carbocycles. The molecule has 0 bridgehead atoms. The highest BCUT2D eigenvalue weighted by Crippen LogP contribution is 2.36. The van der Waals surface area contributed by atoms with Crippen molar-refractivity contribution in [3.8, 4) is 0 Å². The molecule has 0 radical (unpaired) electrons. The molecule has 1 amide bonds. The van der Waals surface area contributed by atoms with E-state index in [0.717, 1.165) is 0 Å². The third-order valence-corrected chi connectivity index (χ3v) is 3.76. The number of aromatic nitrogens is 2. The molecule has 0 saturated carbocycles. The van der Waals surface area contributed by atoms with Crippen LogP contribution in [0.25, 0.3) is 0 Å². The molecule has 11 heteroatoms. The van der Waals surface area contributed by atoms with Gasteiger partial charge in [-0.25, -0.2) is 9.97 Å². The lowest BCUT2D eigenvalue weighted by molar-refractivity contribution is -0.143. The van der Waals surface area contributed by atoms with Crippen molar-refractivity contribution in [3.05, 3.63) is 57.1 Å². The van der Waals surface area contributed by atoms with Crippen molar-refractivity contribution in [2.75, 3.05) is 0 Å². The first kappa shape index (κ1) is 20.1. The van der Waals surface area contributed by atoms with Gasteiger partial charge < -0.3 is 5.32 Å². The smallest absolute Gasteiger partial charge is 0.347 e. The van der Waals surface area contributed by atoms with Crippen LogP contribution < -0.4 is 5.32 Å². The Morgan fingerprint density at radius 1 is 1.08 bits per heavy atom. The molecule has 0 unspecified atom stereocenters. The van der Waals surface area contributed by atoms with E-state index in [9.17, 15) is 31.1 Å². The predicted molar refractivity (Wildman–Crippen MR) is 82.1 cm³/mol. The lowest BCUT2D eigenvalue weighted by atomic mass is 10.0. The zero-order valence-electron chi connectivity index (χ0n) is 13.0. The van der Waals surface area contributed by atoms with Crippen molar-refractivity contribution in [1.82, 2.24) is 15.3 Å². The summed E-state index contributed by atoms with van der Waals surface area (Å²) in [7, 11) is 0. The first-order valence-electron chi connectivity index (χ1n) is 6.93. The first-order valence-corrected chi connectivity index (χ1v) is 7.73. The van der Waals surface area contributed by atoms with Gasteiger partial charge in [-0.2, -0.15) is 26.3 Å². The molecule has 1 aromatic carbocycles. The van der Waals surface area contributed by atoms with Gasteiger partial charge >= 0.3 is 12.4 Å². The van der Waals surface area contributed by atoms with E-state index in [1.54, 1.807) is 0 Å². The molecule has 0 fully saturated rings. The van der Waals surface area contributed by atoms with Gasteiger partial charge in [0.05, 0.1) is 15.6 Å². The molecular formula is C15H10BrF6N3O. The zero-order valence-corrected chi connectivity index (χ0v) is 14.6. The summed E-state index contributed by atoms with van der Waals surface area (Å²) in [4.78, 5) is 19.8. The summed E-state index contributed by atoms with van der Waals surface area (Å²) in [6.07, 6.45) is -8.59. The summed E-state index contributed by atoms with van der Waals surface area (Å²) >= 11 is 3.05. The molecule has 140 valence electrons. The molecule has 0 spiro atoms. The van der Waals surface area contributed by atoms with Gasteiger partial charge in [0.1, 0.15) is 11.5 Å². The number of carbonyl (C=O) groups is 1. The fourth-order valence-electron chi connectivity index (χ4n) is 2.00. The van der Waals surface area contributed by atoms with E-state index in [1.807, 2.05) is 0 Å². The highest BCUT2D eigenvalue weighted by Gasteiger charge is 2.36. The lowest BCUT2D eigenvalue weighted by Gasteiger charge is -2.14. The van der Waals surface area contributed by atoms with Gasteiger partial charge in [0.2, 0.25) is 0 Å². The van der Waals surface area contributed by atoms with Crippen LogP contribution >= 0.6 is 15.9 Å². The number of amides is 1. The molecule has 1 N–H and O–H groups in total. The van der Waals surface area contributed by atoms with Gasteiger partial charge in [-0.05, 0) is 46.6 Å². The normalized spacial score (nSPS) is 12.2. The van der Waals surface area contributed by atoms with E-state index in [1.165, 1.54) is 13.1 Å². The van der Waals surface area contributed by atoms with Crippen LogP contribution in [0.4, 0.5) is 26.3 Å². The highest BCUT2D eigenvalue weighted by atomic mass is 79.9. The van der Waals surface area contributed by atoms with Crippen molar-refractivity contribution >= 4 is 21.8 Å². The second kappa shape index (κ2) is 7.22. The van der Waals surface area contributed by atoms with Crippen LogP contribution in [-0.2, 0) is 18.9 Å². The summed E-state index contributed by atoms with van der Waals surface area (Å²) in [6.45, 7) is 0.979. The second-order valence-electron chi connectivity index (χ2n) is 5.21. The van der Waals surface area contributed by atoms with Crippen molar-refractivity contribution < 1.29 is 31.1 Å². The maximum Gasteiger partial charge on any atom is 0.416 e. The second-order valence-corrected chi connectivity index (χ2v) is 6.06. The monoisotopic (exact) mass is 441 g/mol. The number of hydrogen-bond acceptors (Lipinski definition) is 3. The minimum atomic E-state index is -4.95. The number of alkyl halides is 6. The molecule has 0 atom stereocenters. The van der Waals surface area contributed by atoms with Crippen LogP contribution in [0.15, 0.2) is 28.9 Å². The van der Waals surface area contributed by atoms with Crippen molar-refractivity contribution in [2.45, 2.75) is 25.8 Å². The van der Waals surface area contributed by atoms with Crippen molar-refractivity contribution in [3.63, 3.8) is 0 Å². The molecule has 0 saturated heterocycles. The number of benzene rings is 1. The van der Waals surface area contributed by atoms with E-state index in [4.69, 9.17) is 0 Å². The van der Waals surface area contributed by atoms with Gasteiger partial charge in [0, 0.05) is 12.7 Å². The third kappa shape index (κ3) is 4.93. The Hall–Kier alpha value is -2.17. The average molecular weight is 442 g/mol. The van der Waals surface area contributed by atoms with E-state index in [-0.39, 0.29) is 27.6 Å². The molecule has 1 aromatic heterocycles. The van der Waals surface area contributed by atoms with Gasteiger partial charge in [0.15, 0.2) is 0 Å². The lowest BCUT2D eigenvalue weighted by Crippen LogP contribution is -2.25. The zero-order chi connectivity index (χ0) is 19.7. The average Bonchev–Trinajstić information content (AvgIpc) is 2.53. The maximum atomic E-state index is 12.8. The number of aryl methyl sites for hydroxylation is 1. The van der Waals surface area contributed by atoms with Gasteiger partial charge in [-0.3, -0.25) is 4.79 Å². The number of hydrogen-bond donors (Lipinski definition) is 1. The fourth-order valence-corrected chi connectivity index (χ4v) is 2.37. The predicted octanol–water partition coefficient (Wildman–Crippen LogP) is 4.52. The minimum absolute atomic E-state index is 0.0235. The van der Waals surface area contributed by atoms with Crippen molar-refractivity contribution in [1.29, 1.82) is 0 Å². The fraction of sp³-hybridized carbons (Fsp3) is 0.267. The number of nitrogens with zero attached hydrogens (tertiary/aromatic N) is 2. The Morgan fingerprint density at radius 3 is 2.12 bits per heavy atom. The number of rotatable bonds is 3. The molecule has 0 aliphatic rings. The Morgan fingerprint density at radius 2 is 1.62 bits per heavy atom. The number of nitrogens with one attached hydrogen (secondary N) is 1. The molecule has 4 nitrogen and oxygen atoms in total. The largest absolute Gasteiger partial charge is 0.416 e. The Kier molecular flexibility index (Phi) is 5.59. The quantitative estimate of drug-likeness (QED) is 0.712. The van der Waals surface area contributed by atoms with Crippen LogP contribution in [-0.4, -0.2) is 15.9 Å². The summed E-state index contributed by atoms with van der Waals surface area (Å²) in [5.41, 5.74) is -3.32. The van der Waals surface area contributed by atoms with Crippen LogP contribution in [0.5, 0.6) is 0 Å². The van der Waals surface area contributed by atoms with E-state index < -0.39 is 35.9 Å². The maximum absolute atomic E-state index is 12.8. The summed E-state index contributed by atoms with van der Waals surface area (Å²) in [5, 5.41) is 2.25. The number of carbonyl (C=O) groups excluding carboxylic acids is 1. The van der Waals surface area contributed by atoms with Crippen LogP contribution in [0.2, 0.25) is 0 Å². The third-order valence-electron chi connectivity index (χ3n) is 3.18. The highest BCUT2D eigenvalue weighted by molar-refractivity contribution is 9.10. The van der Waals surface area contributed by atoms with E-state index in [0.29, 0.717) is 12.1 Å². The topological polar surface area (TPSA) is 54.9 Å². The summed E-state index contributed by atoms with van der Waals surface area (Å²) < 4.78 is 77.2. The summed E-state index contributed by atoms with van der Waals surface area (Å²) in [6, 6.07) is 1.13. The molecule has 26 heavy (non-hydrogen) atoms. The Bertz CT molecular complexity index is 803. The molecule has 0 aliphatic heterocycles. The van der Waals surface area contributed by atoms with E-state index >= 15 is 0 Å². The van der Waals surface area contributed by atoms with Gasteiger partial charge in [-0.15, -0.1) is 0 Å². The number of halogens is 7. The van der Waals surface area contributed by atoms with E-state index in [2.05, 4.69) is 31.2 Å². The SMILES string of the molecule is Cc1ncc(Br)c(C(=O)NCc2cc(C(F)(F)F)cc(C(F)(F)F)c2)n1. The molecular weight excluding hydrogens is 432 g/mol. The minimum Gasteiger partial charge on any atom is -0.347 e. The van der Waals surface area contributed by atoms with Gasteiger partial charge in [0.25, 0.3) is 5.91 Å².